The number of amides is 1. The summed E-state index contributed by atoms with van der Waals surface area (Å²) < 4.78 is 33.6. The summed E-state index contributed by atoms with van der Waals surface area (Å²) in [5.74, 6) is 0.733. The van der Waals surface area contributed by atoms with Crippen molar-refractivity contribution >= 4 is 33.0 Å². The van der Waals surface area contributed by atoms with Crippen molar-refractivity contribution in [3.63, 3.8) is 0 Å². The lowest BCUT2D eigenvalue weighted by Gasteiger charge is -2.47. The zero-order chi connectivity index (χ0) is 31.8. The molecule has 10 heteroatoms. The molecule has 1 spiro atoms. The Kier molecular flexibility index (Phi) is 8.72. The summed E-state index contributed by atoms with van der Waals surface area (Å²) in [7, 11) is -0.482. The second-order valence-electron chi connectivity index (χ2n) is 12.8. The third-order valence-corrected chi connectivity index (χ3v) is 12.2. The number of likely N-dealkylation sites (tertiary alicyclic amines) is 1. The topological polar surface area (TPSA) is 95.4 Å². The van der Waals surface area contributed by atoms with E-state index in [1.165, 1.54) is 9.99 Å². The number of benzene rings is 2. The van der Waals surface area contributed by atoms with Crippen LogP contribution in [0.4, 0.5) is 11.4 Å². The molecule has 2 fully saturated rings. The smallest absolute Gasteiger partial charge is 0.253 e. The van der Waals surface area contributed by atoms with Crippen molar-refractivity contribution in [3.8, 4) is 5.75 Å². The molecule has 45 heavy (non-hydrogen) atoms. The van der Waals surface area contributed by atoms with E-state index in [4.69, 9.17) is 9.73 Å². The fourth-order valence-corrected chi connectivity index (χ4v) is 8.78. The molecule has 0 saturated carbocycles. The number of nitrogens with zero attached hydrogens (tertiary/aromatic N) is 5. The monoisotopic (exact) mass is 629 g/mol. The predicted molar refractivity (Wildman–Crippen MR) is 177 cm³/mol. The van der Waals surface area contributed by atoms with Crippen LogP contribution in [0.25, 0.3) is 0 Å². The molecule has 3 aromatic rings. The van der Waals surface area contributed by atoms with Gasteiger partial charge in [0, 0.05) is 75.5 Å². The summed E-state index contributed by atoms with van der Waals surface area (Å²) in [6, 6.07) is 13.5. The van der Waals surface area contributed by atoms with Gasteiger partial charge in [-0.15, -0.1) is 0 Å². The fourth-order valence-electron chi connectivity index (χ4n) is 7.20. The van der Waals surface area contributed by atoms with Crippen LogP contribution in [0.5, 0.6) is 5.75 Å². The Hall–Kier alpha value is -3.76. The van der Waals surface area contributed by atoms with Crippen LogP contribution < -0.4 is 9.64 Å². The molecule has 9 nitrogen and oxygen atoms in total. The van der Waals surface area contributed by atoms with E-state index in [9.17, 15) is 13.2 Å². The van der Waals surface area contributed by atoms with Gasteiger partial charge in [0.25, 0.3) is 5.91 Å². The van der Waals surface area contributed by atoms with Crippen molar-refractivity contribution in [1.82, 2.24) is 14.2 Å². The van der Waals surface area contributed by atoms with Gasteiger partial charge >= 0.3 is 0 Å². The number of hydrogen-bond acceptors (Lipinski definition) is 7. The maximum Gasteiger partial charge on any atom is 0.253 e. The van der Waals surface area contributed by atoms with Crippen molar-refractivity contribution in [1.29, 1.82) is 0 Å². The number of anilines is 1. The third kappa shape index (κ3) is 6.35. The second-order valence-corrected chi connectivity index (χ2v) is 14.8. The van der Waals surface area contributed by atoms with E-state index in [1.54, 1.807) is 40.1 Å². The van der Waals surface area contributed by atoms with E-state index < -0.39 is 10.0 Å². The summed E-state index contributed by atoms with van der Waals surface area (Å²) in [6.07, 6.45) is 9.27. The molecule has 2 aromatic carbocycles. The molecule has 0 N–H and O–H groups in total. The number of fused-ring (bicyclic) bond motifs is 1. The summed E-state index contributed by atoms with van der Waals surface area (Å²) >= 11 is 0. The SMILES string of the molecule is COc1cc(C)c(S(=O)(=O)N(C)CCC2=Nc3ccc(C(=O)N4CCC5(CC4)CCN(c4ccncc4)CC5)cc3C2)c(C)c1. The third-order valence-electron chi connectivity index (χ3n) is 10.0. The Morgan fingerprint density at radius 2 is 1.60 bits per heavy atom. The van der Waals surface area contributed by atoms with E-state index in [2.05, 4.69) is 22.0 Å². The number of pyridine rings is 1. The number of rotatable bonds is 8. The average molecular weight is 630 g/mol. The van der Waals surface area contributed by atoms with Crippen LogP contribution in [-0.4, -0.2) is 81.1 Å². The molecule has 238 valence electrons. The van der Waals surface area contributed by atoms with Gasteiger partial charge in [0.15, 0.2) is 0 Å². The van der Waals surface area contributed by atoms with Crippen LogP contribution in [0.2, 0.25) is 0 Å². The van der Waals surface area contributed by atoms with Gasteiger partial charge in [0.2, 0.25) is 10.0 Å². The first-order valence-electron chi connectivity index (χ1n) is 15.8. The fraction of sp³-hybridized carbons (Fsp3) is 0.457. The molecule has 3 aliphatic heterocycles. The van der Waals surface area contributed by atoms with E-state index >= 15 is 0 Å². The van der Waals surface area contributed by atoms with Gasteiger partial charge in [-0.3, -0.25) is 14.8 Å². The van der Waals surface area contributed by atoms with Gasteiger partial charge in [-0.25, -0.2) is 12.7 Å². The highest BCUT2D eigenvalue weighted by molar-refractivity contribution is 7.89. The molecule has 0 aliphatic carbocycles. The standard InChI is InChI=1S/C35H43N5O4S/c1-25-21-31(44-4)22-26(2)33(25)45(42,43)38(3)16-9-29-24-28-23-27(5-6-32(28)37-29)34(41)40-19-12-35(13-20-40)10-17-39(18-11-35)30-7-14-36-15-8-30/h5-8,14-15,21-23H,9-13,16-20,24H2,1-4H3. The first kappa shape index (κ1) is 31.2. The summed E-state index contributed by atoms with van der Waals surface area (Å²) in [4.78, 5) is 27.2. The number of methoxy groups -OCH3 is 1. The number of carbonyl (C=O) groups is 1. The van der Waals surface area contributed by atoms with Gasteiger partial charge in [-0.2, -0.15) is 0 Å². The molecule has 3 aliphatic rings. The number of aromatic nitrogens is 1. The average Bonchev–Trinajstić information content (AvgIpc) is 3.46. The van der Waals surface area contributed by atoms with Crippen LogP contribution in [0.3, 0.4) is 0 Å². The minimum absolute atomic E-state index is 0.0892. The van der Waals surface area contributed by atoms with E-state index in [-0.39, 0.29) is 5.91 Å². The number of carbonyl (C=O) groups excluding carboxylic acids is 1. The molecule has 0 unspecified atom stereocenters. The highest BCUT2D eigenvalue weighted by Crippen LogP contribution is 2.42. The Bertz CT molecular complexity index is 1680. The molecule has 6 rings (SSSR count). The largest absolute Gasteiger partial charge is 0.497 e. The lowest BCUT2D eigenvalue weighted by molar-refractivity contribution is 0.0515. The molecule has 4 heterocycles. The van der Waals surface area contributed by atoms with Crippen molar-refractivity contribution in [2.75, 3.05) is 51.8 Å². The normalized spacial score (nSPS) is 17.8. The van der Waals surface area contributed by atoms with E-state index in [0.29, 0.717) is 52.1 Å². The Morgan fingerprint density at radius 3 is 2.24 bits per heavy atom. The summed E-state index contributed by atoms with van der Waals surface area (Å²) in [6.45, 7) is 7.59. The van der Waals surface area contributed by atoms with Gasteiger partial charge < -0.3 is 14.5 Å². The Balaban J connectivity index is 1.02. The maximum atomic E-state index is 13.5. The molecular formula is C35H43N5O4S. The summed E-state index contributed by atoms with van der Waals surface area (Å²) in [5, 5.41) is 0. The van der Waals surface area contributed by atoms with Crippen LogP contribution in [0.15, 0.2) is 64.7 Å². The molecular weight excluding hydrogens is 586 g/mol. The molecule has 0 radical (unpaired) electrons. The van der Waals surface area contributed by atoms with Gasteiger partial charge in [0.1, 0.15) is 5.75 Å². The lowest BCUT2D eigenvalue weighted by Crippen LogP contribution is -2.48. The molecule has 1 aromatic heterocycles. The highest BCUT2D eigenvalue weighted by atomic mass is 32.2. The Labute approximate surface area is 267 Å². The molecule has 2 saturated heterocycles. The summed E-state index contributed by atoms with van der Waals surface area (Å²) in [5.41, 5.74) is 6.43. The first-order valence-corrected chi connectivity index (χ1v) is 17.3. The highest BCUT2D eigenvalue weighted by Gasteiger charge is 2.39. The van der Waals surface area contributed by atoms with Crippen molar-refractivity contribution in [2.24, 2.45) is 10.4 Å². The minimum Gasteiger partial charge on any atom is -0.497 e. The van der Waals surface area contributed by atoms with Crippen molar-refractivity contribution in [2.45, 2.75) is 57.3 Å². The van der Waals surface area contributed by atoms with Gasteiger partial charge in [-0.05, 0) is 111 Å². The van der Waals surface area contributed by atoms with Crippen LogP contribution in [0.1, 0.15) is 59.2 Å². The number of aryl methyl sites for hydroxylation is 2. The molecule has 0 atom stereocenters. The number of ether oxygens (including phenoxy) is 1. The number of hydrogen-bond donors (Lipinski definition) is 0. The number of piperidine rings is 2. The predicted octanol–water partition coefficient (Wildman–Crippen LogP) is 5.57. The second kappa shape index (κ2) is 12.6. The zero-order valence-electron chi connectivity index (χ0n) is 26.8. The lowest BCUT2D eigenvalue weighted by atomic mass is 9.71. The van der Waals surface area contributed by atoms with E-state index in [1.807, 2.05) is 35.5 Å². The van der Waals surface area contributed by atoms with Crippen LogP contribution in [0, 0.1) is 19.3 Å². The van der Waals surface area contributed by atoms with Gasteiger partial charge in [-0.1, -0.05) is 0 Å². The zero-order valence-corrected chi connectivity index (χ0v) is 27.6. The first-order chi connectivity index (χ1) is 21.6. The number of aliphatic imine (C=N–C) groups is 1. The van der Waals surface area contributed by atoms with Crippen LogP contribution in [-0.2, 0) is 16.4 Å². The molecule has 0 bridgehead atoms. The van der Waals surface area contributed by atoms with Gasteiger partial charge in [0.05, 0.1) is 17.7 Å². The van der Waals surface area contributed by atoms with E-state index in [0.717, 1.165) is 68.8 Å². The maximum absolute atomic E-state index is 13.5. The minimum atomic E-state index is -3.67. The van der Waals surface area contributed by atoms with Crippen molar-refractivity contribution < 1.29 is 17.9 Å². The quantitative estimate of drug-likeness (QED) is 0.324. The molecule has 1 amide bonds. The van der Waals surface area contributed by atoms with Crippen molar-refractivity contribution in [3.05, 3.63) is 77.1 Å². The Morgan fingerprint density at radius 1 is 0.956 bits per heavy atom. The van der Waals surface area contributed by atoms with Crippen LogP contribution >= 0.6 is 0 Å². The number of sulfonamides is 1.